The summed E-state index contributed by atoms with van der Waals surface area (Å²) in [5.41, 5.74) is 1.96. The lowest BCUT2D eigenvalue weighted by Crippen LogP contribution is -2.22. The van der Waals surface area contributed by atoms with Crippen LogP contribution >= 0.6 is 0 Å². The maximum absolute atomic E-state index is 13.1. The van der Waals surface area contributed by atoms with E-state index in [0.717, 1.165) is 18.5 Å². The molecule has 1 aromatic heterocycles. The molecule has 28 heavy (non-hydrogen) atoms. The van der Waals surface area contributed by atoms with E-state index in [1.807, 2.05) is 13.0 Å². The van der Waals surface area contributed by atoms with E-state index < -0.39 is 12.3 Å². The van der Waals surface area contributed by atoms with Crippen LogP contribution in [0.5, 0.6) is 0 Å². The molecule has 1 aliphatic carbocycles. The molecule has 0 bridgehead atoms. The van der Waals surface area contributed by atoms with Gasteiger partial charge >= 0.3 is 0 Å². The molecule has 1 saturated carbocycles. The Hall–Kier alpha value is -2.57. The smallest absolute Gasteiger partial charge is 0.263 e. The molecule has 0 radical (unpaired) electrons. The number of hydrogen-bond donors (Lipinski definition) is 2. The van der Waals surface area contributed by atoms with Gasteiger partial charge in [-0.05, 0) is 46.1 Å². The number of rotatable bonds is 9. The molecule has 7 heteroatoms. The first-order valence-electron chi connectivity index (χ1n) is 9.61. The SMILES string of the molecule is C\C=C/C(=C\C(CC)=N/C(=C\C)C(C)C(=O)Nc1cc(C2CC2)[nH]n1)C(F)F. The van der Waals surface area contributed by atoms with Gasteiger partial charge in [-0.2, -0.15) is 5.10 Å². The van der Waals surface area contributed by atoms with Crippen LogP contribution in [0.15, 0.2) is 46.6 Å². The average Bonchev–Trinajstić information content (AvgIpc) is 3.43. The number of hydrogen-bond acceptors (Lipinski definition) is 3. The second kappa shape index (κ2) is 10.1. The zero-order valence-electron chi connectivity index (χ0n) is 16.8. The normalized spacial score (nSPS) is 17.5. The number of aromatic nitrogens is 2. The van der Waals surface area contributed by atoms with Crippen molar-refractivity contribution < 1.29 is 13.6 Å². The number of alkyl halides is 2. The lowest BCUT2D eigenvalue weighted by Gasteiger charge is -2.13. The van der Waals surface area contributed by atoms with Crippen molar-refractivity contribution in [1.29, 1.82) is 0 Å². The predicted octanol–water partition coefficient (Wildman–Crippen LogP) is 5.38. The van der Waals surface area contributed by atoms with Crippen molar-refractivity contribution in [2.75, 3.05) is 5.32 Å². The Morgan fingerprint density at radius 2 is 2.14 bits per heavy atom. The molecular weight excluding hydrogens is 362 g/mol. The van der Waals surface area contributed by atoms with Gasteiger partial charge in [0, 0.05) is 34.7 Å². The van der Waals surface area contributed by atoms with Crippen LogP contribution in [0.2, 0.25) is 0 Å². The summed E-state index contributed by atoms with van der Waals surface area (Å²) in [5.74, 6) is 0.221. The monoisotopic (exact) mass is 390 g/mol. The third-order valence-corrected chi connectivity index (χ3v) is 4.58. The number of anilines is 1. The van der Waals surface area contributed by atoms with Crippen LogP contribution in [0.25, 0.3) is 0 Å². The summed E-state index contributed by atoms with van der Waals surface area (Å²) in [4.78, 5) is 17.1. The van der Waals surface area contributed by atoms with E-state index >= 15 is 0 Å². The Morgan fingerprint density at radius 3 is 2.68 bits per heavy atom. The molecule has 1 unspecified atom stereocenters. The summed E-state index contributed by atoms with van der Waals surface area (Å²) >= 11 is 0. The maximum atomic E-state index is 13.1. The molecule has 1 heterocycles. The molecule has 1 aromatic rings. The molecule has 2 rings (SSSR count). The molecular formula is C21H28F2N4O. The van der Waals surface area contributed by atoms with E-state index in [2.05, 4.69) is 20.5 Å². The molecule has 0 aliphatic heterocycles. The van der Waals surface area contributed by atoms with E-state index in [1.54, 1.807) is 32.9 Å². The van der Waals surface area contributed by atoms with Gasteiger partial charge in [0.1, 0.15) is 0 Å². The average molecular weight is 390 g/mol. The van der Waals surface area contributed by atoms with Gasteiger partial charge in [-0.25, -0.2) is 8.78 Å². The summed E-state index contributed by atoms with van der Waals surface area (Å²) in [6.45, 7) is 7.04. The van der Waals surface area contributed by atoms with Gasteiger partial charge in [-0.15, -0.1) is 0 Å². The quantitative estimate of drug-likeness (QED) is 0.439. The molecule has 2 N–H and O–H groups in total. The van der Waals surface area contributed by atoms with Gasteiger partial charge in [-0.3, -0.25) is 14.9 Å². The van der Waals surface area contributed by atoms with Crippen molar-refractivity contribution in [3.63, 3.8) is 0 Å². The van der Waals surface area contributed by atoms with Crippen LogP contribution in [0, 0.1) is 5.92 Å². The fourth-order valence-corrected chi connectivity index (χ4v) is 2.73. The molecule has 1 fully saturated rings. The molecule has 0 spiro atoms. The minimum absolute atomic E-state index is 0.0974. The molecule has 1 aliphatic rings. The predicted molar refractivity (Wildman–Crippen MR) is 109 cm³/mol. The van der Waals surface area contributed by atoms with Crippen molar-refractivity contribution >= 4 is 17.4 Å². The number of allylic oxidation sites excluding steroid dienone is 5. The van der Waals surface area contributed by atoms with Gasteiger partial charge in [-0.1, -0.05) is 25.2 Å². The molecule has 1 amide bonds. The van der Waals surface area contributed by atoms with E-state index in [1.165, 1.54) is 12.2 Å². The maximum Gasteiger partial charge on any atom is 0.263 e. The van der Waals surface area contributed by atoms with Crippen LogP contribution in [-0.2, 0) is 4.79 Å². The summed E-state index contributed by atoms with van der Waals surface area (Å²) in [7, 11) is 0. The van der Waals surface area contributed by atoms with Crippen molar-refractivity contribution in [3.8, 4) is 0 Å². The van der Waals surface area contributed by atoms with E-state index in [9.17, 15) is 13.6 Å². The second-order valence-electron chi connectivity index (χ2n) is 6.81. The minimum atomic E-state index is -2.58. The van der Waals surface area contributed by atoms with Gasteiger partial charge in [0.15, 0.2) is 5.82 Å². The summed E-state index contributed by atoms with van der Waals surface area (Å²) in [6, 6.07) is 1.85. The van der Waals surface area contributed by atoms with Crippen LogP contribution in [-0.4, -0.2) is 28.2 Å². The minimum Gasteiger partial charge on any atom is -0.309 e. The fourth-order valence-electron chi connectivity index (χ4n) is 2.73. The van der Waals surface area contributed by atoms with Crippen LogP contribution in [0.1, 0.15) is 58.6 Å². The zero-order valence-corrected chi connectivity index (χ0v) is 16.8. The number of H-pyrrole nitrogens is 1. The lowest BCUT2D eigenvalue weighted by atomic mass is 10.1. The number of aromatic amines is 1. The largest absolute Gasteiger partial charge is 0.309 e. The zero-order chi connectivity index (χ0) is 20.7. The van der Waals surface area contributed by atoms with Crippen molar-refractivity contribution in [2.24, 2.45) is 10.9 Å². The third-order valence-electron chi connectivity index (χ3n) is 4.58. The van der Waals surface area contributed by atoms with Crippen molar-refractivity contribution in [2.45, 2.75) is 59.3 Å². The number of carbonyl (C=O) groups excluding carboxylic acids is 1. The number of nitrogens with zero attached hydrogens (tertiary/aromatic N) is 2. The van der Waals surface area contributed by atoms with E-state index in [4.69, 9.17) is 0 Å². The fraction of sp³-hybridized carbons (Fsp3) is 0.476. The first-order valence-corrected chi connectivity index (χ1v) is 9.61. The highest BCUT2D eigenvalue weighted by atomic mass is 19.3. The van der Waals surface area contributed by atoms with Crippen LogP contribution < -0.4 is 5.32 Å². The first kappa shape index (κ1) is 21.7. The Balaban J connectivity index is 2.13. The van der Waals surface area contributed by atoms with Crippen molar-refractivity contribution in [1.82, 2.24) is 10.2 Å². The van der Waals surface area contributed by atoms with Gasteiger partial charge < -0.3 is 5.32 Å². The number of halogens is 2. The number of aliphatic imine (C=N–C) groups is 1. The number of nitrogens with one attached hydrogen (secondary N) is 2. The summed E-state index contributed by atoms with van der Waals surface area (Å²) in [6.07, 6.45) is 6.23. The van der Waals surface area contributed by atoms with Gasteiger partial charge in [0.2, 0.25) is 5.91 Å². The van der Waals surface area contributed by atoms with E-state index in [-0.39, 0.29) is 11.5 Å². The molecule has 0 aromatic carbocycles. The highest BCUT2D eigenvalue weighted by Crippen LogP contribution is 2.39. The van der Waals surface area contributed by atoms with Crippen molar-refractivity contribution in [3.05, 3.63) is 47.3 Å². The highest BCUT2D eigenvalue weighted by molar-refractivity contribution is 5.98. The number of amides is 1. The Bertz CT molecular complexity index is 801. The molecule has 1 atom stereocenters. The third kappa shape index (κ3) is 5.97. The Labute approximate surface area is 164 Å². The number of carbonyl (C=O) groups is 1. The summed E-state index contributed by atoms with van der Waals surface area (Å²) < 4.78 is 26.3. The second-order valence-corrected chi connectivity index (χ2v) is 6.81. The highest BCUT2D eigenvalue weighted by Gasteiger charge is 2.26. The van der Waals surface area contributed by atoms with Gasteiger partial charge in [0.05, 0.1) is 5.92 Å². The standard InChI is InChI=1S/C21H28F2N4O/c1-5-8-15(20(22)23)11-16(6-2)24-17(7-3)13(4)21(28)25-19-12-18(26-27-19)14-9-10-14/h5,7-8,11-14,20H,6,9-10H2,1-4H3,(H2,25,26,27,28)/b8-5-,15-11+,17-7-,24-16-. The topological polar surface area (TPSA) is 70.1 Å². The van der Waals surface area contributed by atoms with Gasteiger partial charge in [0.25, 0.3) is 6.43 Å². The Kier molecular flexibility index (Phi) is 7.84. The Morgan fingerprint density at radius 1 is 1.43 bits per heavy atom. The molecule has 0 saturated heterocycles. The molecule has 152 valence electrons. The van der Waals surface area contributed by atoms with Crippen LogP contribution in [0.3, 0.4) is 0 Å². The van der Waals surface area contributed by atoms with Crippen LogP contribution in [0.4, 0.5) is 14.6 Å². The lowest BCUT2D eigenvalue weighted by molar-refractivity contribution is -0.118. The van der Waals surface area contributed by atoms with E-state index in [0.29, 0.717) is 29.6 Å². The summed E-state index contributed by atoms with van der Waals surface area (Å²) in [5, 5.41) is 9.87. The first-order chi connectivity index (χ1) is 13.4. The molecule has 5 nitrogen and oxygen atoms in total.